The van der Waals surface area contributed by atoms with E-state index in [0.717, 1.165) is 18.0 Å². The predicted octanol–water partition coefficient (Wildman–Crippen LogP) is 0.981. The molecule has 0 spiro atoms. The predicted molar refractivity (Wildman–Crippen MR) is 52.8 cm³/mol. The van der Waals surface area contributed by atoms with Gasteiger partial charge in [-0.2, -0.15) is 0 Å². The van der Waals surface area contributed by atoms with Crippen molar-refractivity contribution in [1.82, 2.24) is 19.9 Å². The molecule has 2 aromatic heterocycles. The summed E-state index contributed by atoms with van der Waals surface area (Å²) in [6.07, 6.45) is 4.60. The van der Waals surface area contributed by atoms with Gasteiger partial charge in [0, 0.05) is 12.2 Å². The summed E-state index contributed by atoms with van der Waals surface area (Å²) >= 11 is 0. The lowest BCUT2D eigenvalue weighted by Crippen LogP contribution is -2.17. The lowest BCUT2D eigenvalue weighted by Gasteiger charge is -2.00. The van der Waals surface area contributed by atoms with Crippen molar-refractivity contribution in [3.63, 3.8) is 0 Å². The van der Waals surface area contributed by atoms with Crippen molar-refractivity contribution in [3.8, 4) is 0 Å². The van der Waals surface area contributed by atoms with E-state index in [1.807, 2.05) is 28.8 Å². The number of nitrogens with one attached hydrogen (secondary N) is 1. The summed E-state index contributed by atoms with van der Waals surface area (Å²) in [5, 5.41) is 11.7. The minimum absolute atomic E-state index is 0.714. The Bertz CT molecular complexity index is 444. The molecule has 1 aliphatic rings. The van der Waals surface area contributed by atoms with Crippen molar-refractivity contribution in [3.05, 3.63) is 30.2 Å². The first kappa shape index (κ1) is 7.94. The van der Waals surface area contributed by atoms with Crippen molar-refractivity contribution >= 4 is 5.65 Å². The van der Waals surface area contributed by atoms with E-state index in [4.69, 9.17) is 0 Å². The second-order valence-electron chi connectivity index (χ2n) is 3.70. The zero-order chi connectivity index (χ0) is 9.38. The Morgan fingerprint density at radius 3 is 3.14 bits per heavy atom. The molecule has 2 heterocycles. The van der Waals surface area contributed by atoms with E-state index in [2.05, 4.69) is 15.5 Å². The van der Waals surface area contributed by atoms with E-state index in [-0.39, 0.29) is 0 Å². The summed E-state index contributed by atoms with van der Waals surface area (Å²) in [7, 11) is 0. The highest BCUT2D eigenvalue weighted by atomic mass is 15.3. The van der Waals surface area contributed by atoms with E-state index in [1.54, 1.807) is 0 Å². The second kappa shape index (κ2) is 3.06. The van der Waals surface area contributed by atoms with Gasteiger partial charge in [0.15, 0.2) is 11.5 Å². The fraction of sp³-hybridized carbons (Fsp3) is 0.400. The van der Waals surface area contributed by atoms with Crippen LogP contribution in [0.2, 0.25) is 0 Å². The van der Waals surface area contributed by atoms with Crippen molar-refractivity contribution in [2.24, 2.45) is 0 Å². The van der Waals surface area contributed by atoms with E-state index >= 15 is 0 Å². The van der Waals surface area contributed by atoms with Crippen LogP contribution in [0.5, 0.6) is 0 Å². The minimum atomic E-state index is 0.714. The highest BCUT2D eigenvalue weighted by molar-refractivity contribution is 5.36. The van der Waals surface area contributed by atoms with Crippen molar-refractivity contribution in [2.75, 3.05) is 0 Å². The number of fused-ring (bicyclic) bond motifs is 1. The molecule has 0 aliphatic heterocycles. The van der Waals surface area contributed by atoms with Crippen LogP contribution in [-0.2, 0) is 6.54 Å². The monoisotopic (exact) mass is 188 g/mol. The van der Waals surface area contributed by atoms with Crippen LogP contribution < -0.4 is 5.32 Å². The molecule has 1 aliphatic carbocycles. The highest BCUT2D eigenvalue weighted by Crippen LogP contribution is 2.19. The Hall–Kier alpha value is -1.42. The lowest BCUT2D eigenvalue weighted by molar-refractivity contribution is 0.652. The SMILES string of the molecule is c1ccn2c(CNC3CC3)nnc2c1. The van der Waals surface area contributed by atoms with Crippen LogP contribution in [0, 0.1) is 0 Å². The Kier molecular flexibility index (Phi) is 1.73. The Labute approximate surface area is 82.0 Å². The van der Waals surface area contributed by atoms with Crippen molar-refractivity contribution in [1.29, 1.82) is 0 Å². The first-order chi connectivity index (χ1) is 6.93. The molecule has 72 valence electrons. The molecule has 0 radical (unpaired) electrons. The van der Waals surface area contributed by atoms with Crippen LogP contribution in [0.3, 0.4) is 0 Å². The number of pyridine rings is 1. The van der Waals surface area contributed by atoms with Gasteiger partial charge in [-0.25, -0.2) is 0 Å². The molecule has 0 amide bonds. The molecule has 0 aromatic carbocycles. The summed E-state index contributed by atoms with van der Waals surface area (Å²) in [5.74, 6) is 0.993. The van der Waals surface area contributed by atoms with Gasteiger partial charge >= 0.3 is 0 Å². The van der Waals surface area contributed by atoms with E-state index in [0.29, 0.717) is 6.04 Å². The third kappa shape index (κ3) is 1.37. The fourth-order valence-corrected chi connectivity index (χ4v) is 1.53. The first-order valence-corrected chi connectivity index (χ1v) is 4.95. The quantitative estimate of drug-likeness (QED) is 0.780. The number of aromatic nitrogens is 3. The smallest absolute Gasteiger partial charge is 0.160 e. The Balaban J connectivity index is 1.87. The first-order valence-electron chi connectivity index (χ1n) is 4.95. The van der Waals surface area contributed by atoms with Gasteiger partial charge in [-0.15, -0.1) is 10.2 Å². The van der Waals surface area contributed by atoms with Gasteiger partial charge in [-0.3, -0.25) is 4.40 Å². The molecular formula is C10H12N4. The molecule has 0 bridgehead atoms. The average molecular weight is 188 g/mol. The van der Waals surface area contributed by atoms with Gasteiger partial charge in [-0.1, -0.05) is 6.07 Å². The topological polar surface area (TPSA) is 42.2 Å². The van der Waals surface area contributed by atoms with Crippen LogP contribution in [0.4, 0.5) is 0 Å². The summed E-state index contributed by atoms with van der Waals surface area (Å²) in [6.45, 7) is 0.815. The standard InChI is InChI=1S/C10H12N4/c1-2-6-14-9(3-1)12-13-10(14)7-11-8-4-5-8/h1-3,6,8,11H,4-5,7H2. The van der Waals surface area contributed by atoms with Crippen molar-refractivity contribution < 1.29 is 0 Å². The fourth-order valence-electron chi connectivity index (χ4n) is 1.53. The van der Waals surface area contributed by atoms with E-state index < -0.39 is 0 Å². The minimum Gasteiger partial charge on any atom is -0.307 e. The van der Waals surface area contributed by atoms with Crippen LogP contribution in [0.15, 0.2) is 24.4 Å². The van der Waals surface area contributed by atoms with Crippen LogP contribution in [0.25, 0.3) is 5.65 Å². The molecule has 4 nitrogen and oxygen atoms in total. The zero-order valence-corrected chi connectivity index (χ0v) is 7.85. The molecule has 14 heavy (non-hydrogen) atoms. The third-order valence-electron chi connectivity index (χ3n) is 2.51. The van der Waals surface area contributed by atoms with E-state index in [9.17, 15) is 0 Å². The van der Waals surface area contributed by atoms with Gasteiger partial charge in [0.2, 0.25) is 0 Å². The highest BCUT2D eigenvalue weighted by Gasteiger charge is 2.20. The van der Waals surface area contributed by atoms with Gasteiger partial charge in [0.1, 0.15) is 0 Å². The summed E-state index contributed by atoms with van der Waals surface area (Å²) in [5.41, 5.74) is 0.917. The molecule has 1 N–H and O–H groups in total. The molecular weight excluding hydrogens is 176 g/mol. The van der Waals surface area contributed by atoms with Crippen LogP contribution in [0.1, 0.15) is 18.7 Å². The maximum Gasteiger partial charge on any atom is 0.160 e. The Morgan fingerprint density at radius 2 is 2.29 bits per heavy atom. The lowest BCUT2D eigenvalue weighted by atomic mass is 10.4. The molecule has 0 unspecified atom stereocenters. The molecule has 4 heteroatoms. The normalized spacial score (nSPS) is 16.3. The van der Waals surface area contributed by atoms with Gasteiger partial charge in [-0.05, 0) is 25.0 Å². The maximum absolute atomic E-state index is 4.15. The van der Waals surface area contributed by atoms with Gasteiger partial charge in [0.05, 0.1) is 6.54 Å². The number of rotatable bonds is 3. The second-order valence-corrected chi connectivity index (χ2v) is 3.70. The third-order valence-corrected chi connectivity index (χ3v) is 2.51. The molecule has 1 fully saturated rings. The van der Waals surface area contributed by atoms with E-state index in [1.165, 1.54) is 12.8 Å². The zero-order valence-electron chi connectivity index (χ0n) is 7.85. The van der Waals surface area contributed by atoms with Gasteiger partial charge < -0.3 is 5.32 Å². The molecule has 0 atom stereocenters. The summed E-state index contributed by atoms with van der Waals surface area (Å²) < 4.78 is 2.02. The molecule has 1 saturated carbocycles. The molecule has 0 saturated heterocycles. The van der Waals surface area contributed by atoms with Crippen molar-refractivity contribution in [2.45, 2.75) is 25.4 Å². The molecule has 3 rings (SSSR count). The number of hydrogen-bond acceptors (Lipinski definition) is 3. The Morgan fingerprint density at radius 1 is 1.36 bits per heavy atom. The molecule has 2 aromatic rings. The summed E-state index contributed by atoms with van der Waals surface area (Å²) in [4.78, 5) is 0. The maximum atomic E-state index is 4.15. The van der Waals surface area contributed by atoms with Gasteiger partial charge in [0.25, 0.3) is 0 Å². The summed E-state index contributed by atoms with van der Waals surface area (Å²) in [6, 6.07) is 6.65. The largest absolute Gasteiger partial charge is 0.307 e. The average Bonchev–Trinajstić information content (AvgIpc) is 2.96. The van der Waals surface area contributed by atoms with Crippen LogP contribution in [-0.4, -0.2) is 20.6 Å². The van der Waals surface area contributed by atoms with Crippen LogP contribution >= 0.6 is 0 Å². The number of nitrogens with zero attached hydrogens (tertiary/aromatic N) is 3. The number of hydrogen-bond donors (Lipinski definition) is 1.